The number of ketones is 1. The monoisotopic (exact) mass is 414 g/mol. The number of benzene rings is 1. The van der Waals surface area contributed by atoms with Crippen molar-refractivity contribution in [2.24, 2.45) is 5.41 Å². The highest BCUT2D eigenvalue weighted by molar-refractivity contribution is 6.10. The summed E-state index contributed by atoms with van der Waals surface area (Å²) in [6.07, 6.45) is 6.37. The van der Waals surface area contributed by atoms with Crippen LogP contribution in [0.1, 0.15) is 57.0 Å². The first-order chi connectivity index (χ1) is 14.5. The van der Waals surface area contributed by atoms with Gasteiger partial charge in [-0.15, -0.1) is 0 Å². The summed E-state index contributed by atoms with van der Waals surface area (Å²) in [5.41, 5.74) is 9.37. The number of aromatic nitrogens is 1. The Kier molecular flexibility index (Phi) is 6.35. The zero-order valence-electron chi connectivity index (χ0n) is 19.9. The van der Waals surface area contributed by atoms with E-state index in [4.69, 9.17) is 0 Å². The minimum absolute atomic E-state index is 0.00972. The third-order valence-electron chi connectivity index (χ3n) is 6.04. The van der Waals surface area contributed by atoms with E-state index in [1.165, 1.54) is 22.3 Å². The highest BCUT2D eigenvalue weighted by atomic mass is 16.1. The standard InChI is InChI=1S/C28H34N2O/c1-9-22(17(2)3)26(31)16-25-24-12-18(4)23(20-10-11-29-19(5)13-20)14-21(24)15-27(30-25)28(6,7)8/h9-14,16,27,30H,2,15H2,1,3-8H3/b22-9-,25-16-. The van der Waals surface area contributed by atoms with Crippen LogP contribution in [0.3, 0.4) is 0 Å². The average molecular weight is 415 g/mol. The first-order valence-electron chi connectivity index (χ1n) is 10.9. The maximum Gasteiger partial charge on any atom is 0.187 e. The van der Waals surface area contributed by atoms with E-state index in [9.17, 15) is 4.79 Å². The van der Waals surface area contributed by atoms with Crippen LogP contribution in [0.4, 0.5) is 0 Å². The van der Waals surface area contributed by atoms with Gasteiger partial charge in [0, 0.05) is 40.8 Å². The molecule has 0 aliphatic carbocycles. The minimum Gasteiger partial charge on any atom is -0.381 e. The van der Waals surface area contributed by atoms with Crippen LogP contribution < -0.4 is 5.32 Å². The van der Waals surface area contributed by atoms with Crippen LogP contribution in [0.15, 0.2) is 60.3 Å². The van der Waals surface area contributed by atoms with Gasteiger partial charge in [-0.25, -0.2) is 0 Å². The second-order valence-electron chi connectivity index (χ2n) is 9.68. The van der Waals surface area contributed by atoms with E-state index < -0.39 is 0 Å². The van der Waals surface area contributed by atoms with Crippen molar-refractivity contribution in [2.75, 3.05) is 0 Å². The zero-order valence-corrected chi connectivity index (χ0v) is 19.9. The van der Waals surface area contributed by atoms with Crippen molar-refractivity contribution in [3.05, 3.63) is 82.7 Å². The van der Waals surface area contributed by atoms with Crippen LogP contribution in [-0.2, 0) is 11.2 Å². The summed E-state index contributed by atoms with van der Waals surface area (Å²) >= 11 is 0. The van der Waals surface area contributed by atoms with Crippen molar-refractivity contribution in [1.29, 1.82) is 0 Å². The number of nitrogens with zero attached hydrogens (tertiary/aromatic N) is 1. The number of hydrogen-bond acceptors (Lipinski definition) is 3. The van der Waals surface area contributed by atoms with Crippen molar-refractivity contribution < 1.29 is 4.79 Å². The SMILES string of the molecule is C=C(C)/C(=C/C)C(=O)/C=C1\NC(C(C)(C)C)Cc2cc(-c3ccnc(C)c3)c(C)cc21. The Hall–Kier alpha value is -2.94. The number of carbonyl (C=O) groups excluding carboxylic acids is 1. The summed E-state index contributed by atoms with van der Waals surface area (Å²) < 4.78 is 0. The predicted octanol–water partition coefficient (Wildman–Crippen LogP) is 6.36. The largest absolute Gasteiger partial charge is 0.381 e. The van der Waals surface area contributed by atoms with Crippen LogP contribution in [0, 0.1) is 19.3 Å². The number of hydrogen-bond donors (Lipinski definition) is 1. The third kappa shape index (κ3) is 4.87. The van der Waals surface area contributed by atoms with Gasteiger partial charge in [0.25, 0.3) is 0 Å². The molecule has 0 saturated heterocycles. The van der Waals surface area contributed by atoms with E-state index in [0.29, 0.717) is 5.57 Å². The van der Waals surface area contributed by atoms with E-state index in [0.717, 1.165) is 28.9 Å². The topological polar surface area (TPSA) is 42.0 Å². The molecule has 1 aromatic heterocycles. The molecule has 3 rings (SSSR count). The number of carbonyl (C=O) groups is 1. The van der Waals surface area contributed by atoms with E-state index in [1.54, 1.807) is 6.08 Å². The number of pyridine rings is 1. The Balaban J connectivity index is 2.16. The van der Waals surface area contributed by atoms with Crippen molar-refractivity contribution >= 4 is 11.5 Å². The van der Waals surface area contributed by atoms with Gasteiger partial charge < -0.3 is 5.32 Å². The Labute approximate surface area is 187 Å². The molecular weight excluding hydrogens is 380 g/mol. The molecule has 1 atom stereocenters. The summed E-state index contributed by atoms with van der Waals surface area (Å²) in [5, 5.41) is 3.67. The molecular formula is C28H34N2O. The molecule has 1 aliphatic rings. The molecule has 0 amide bonds. The fourth-order valence-corrected chi connectivity index (χ4v) is 4.18. The van der Waals surface area contributed by atoms with Gasteiger partial charge in [-0.3, -0.25) is 9.78 Å². The van der Waals surface area contributed by atoms with E-state index in [-0.39, 0.29) is 17.2 Å². The summed E-state index contributed by atoms with van der Waals surface area (Å²) in [6.45, 7) is 18.6. The molecule has 0 fully saturated rings. The smallest absolute Gasteiger partial charge is 0.187 e. The van der Waals surface area contributed by atoms with E-state index in [2.05, 4.69) is 68.8 Å². The second-order valence-corrected chi connectivity index (χ2v) is 9.68. The average Bonchev–Trinajstić information content (AvgIpc) is 2.67. The van der Waals surface area contributed by atoms with Crippen molar-refractivity contribution in [3.63, 3.8) is 0 Å². The Morgan fingerprint density at radius 1 is 1.19 bits per heavy atom. The van der Waals surface area contributed by atoms with Gasteiger partial charge >= 0.3 is 0 Å². The van der Waals surface area contributed by atoms with Crippen LogP contribution in [0.25, 0.3) is 16.8 Å². The lowest BCUT2D eigenvalue weighted by Crippen LogP contribution is -2.44. The number of nitrogens with one attached hydrogen (secondary N) is 1. The molecule has 3 heteroatoms. The molecule has 1 aromatic carbocycles. The van der Waals surface area contributed by atoms with E-state index in [1.807, 2.05) is 33.0 Å². The van der Waals surface area contributed by atoms with Gasteiger partial charge in [0.15, 0.2) is 5.78 Å². The Morgan fingerprint density at radius 2 is 1.90 bits per heavy atom. The van der Waals surface area contributed by atoms with Gasteiger partial charge in [-0.2, -0.15) is 0 Å². The fourth-order valence-electron chi connectivity index (χ4n) is 4.18. The number of aryl methyl sites for hydroxylation is 2. The highest BCUT2D eigenvalue weighted by Gasteiger charge is 2.31. The number of rotatable bonds is 4. The maximum atomic E-state index is 13.0. The van der Waals surface area contributed by atoms with Crippen LogP contribution in [-0.4, -0.2) is 16.8 Å². The molecule has 31 heavy (non-hydrogen) atoms. The number of allylic oxidation sites excluding steroid dienone is 4. The first-order valence-corrected chi connectivity index (χ1v) is 10.9. The quantitative estimate of drug-likeness (QED) is 0.468. The number of fused-ring (bicyclic) bond motifs is 1. The Morgan fingerprint density at radius 3 is 2.48 bits per heavy atom. The molecule has 0 saturated carbocycles. The van der Waals surface area contributed by atoms with Gasteiger partial charge in [0.05, 0.1) is 0 Å². The molecule has 1 N–H and O–H groups in total. The predicted molar refractivity (Wildman–Crippen MR) is 131 cm³/mol. The minimum atomic E-state index is -0.00972. The van der Waals surface area contributed by atoms with Crippen molar-refractivity contribution in [1.82, 2.24) is 10.3 Å². The lowest BCUT2D eigenvalue weighted by Gasteiger charge is -2.38. The fraction of sp³-hybridized carbons (Fsp3) is 0.357. The molecule has 2 heterocycles. The molecule has 2 aromatic rings. The van der Waals surface area contributed by atoms with Gasteiger partial charge in [-0.1, -0.05) is 39.5 Å². The molecule has 0 bridgehead atoms. The van der Waals surface area contributed by atoms with Crippen molar-refractivity contribution in [2.45, 2.75) is 60.9 Å². The lowest BCUT2D eigenvalue weighted by molar-refractivity contribution is -0.111. The summed E-state index contributed by atoms with van der Waals surface area (Å²) in [7, 11) is 0. The zero-order chi connectivity index (χ0) is 22.9. The summed E-state index contributed by atoms with van der Waals surface area (Å²) in [4.78, 5) is 17.3. The van der Waals surface area contributed by atoms with Gasteiger partial charge in [0.2, 0.25) is 0 Å². The normalized spacial score (nSPS) is 17.8. The third-order valence-corrected chi connectivity index (χ3v) is 6.04. The highest BCUT2D eigenvalue weighted by Crippen LogP contribution is 2.36. The molecule has 0 spiro atoms. The molecule has 162 valence electrons. The van der Waals surface area contributed by atoms with Crippen LogP contribution in [0.2, 0.25) is 0 Å². The van der Waals surface area contributed by atoms with Crippen LogP contribution in [0.5, 0.6) is 0 Å². The maximum absolute atomic E-state index is 13.0. The van der Waals surface area contributed by atoms with E-state index >= 15 is 0 Å². The van der Waals surface area contributed by atoms with Gasteiger partial charge in [-0.05, 0) is 85.6 Å². The van der Waals surface area contributed by atoms with Gasteiger partial charge in [0.1, 0.15) is 0 Å². The molecule has 0 radical (unpaired) electrons. The summed E-state index contributed by atoms with van der Waals surface area (Å²) in [5.74, 6) is -0.00972. The lowest BCUT2D eigenvalue weighted by atomic mass is 9.78. The van der Waals surface area contributed by atoms with Crippen LogP contribution >= 0.6 is 0 Å². The molecule has 1 aliphatic heterocycles. The second kappa shape index (κ2) is 8.66. The summed E-state index contributed by atoms with van der Waals surface area (Å²) in [6, 6.07) is 8.93. The molecule has 3 nitrogen and oxygen atoms in total. The van der Waals surface area contributed by atoms with Crippen molar-refractivity contribution in [3.8, 4) is 11.1 Å². The Bertz CT molecular complexity index is 1100. The first kappa shape index (κ1) is 22.7. The molecule has 1 unspecified atom stereocenters.